The molecule has 0 spiro atoms. The first kappa shape index (κ1) is 16.2. The standard InChI is InChI=1S/C15H24.C2H6/c1-14(2,3)11-12-7-9-13(10-8-12)15(4,5)6;1-2/h7-10H,11H2,1-6H3;1-2H3. The molecule has 0 amide bonds. The fraction of sp³-hybridized carbons (Fsp3) is 0.647. The summed E-state index contributed by atoms with van der Waals surface area (Å²) in [6, 6.07) is 9.07. The van der Waals surface area contributed by atoms with Crippen LogP contribution >= 0.6 is 0 Å². The van der Waals surface area contributed by atoms with E-state index in [1.807, 2.05) is 13.8 Å². The second-order valence-electron chi connectivity index (χ2n) is 6.68. The Morgan fingerprint density at radius 1 is 0.765 bits per heavy atom. The molecule has 0 heteroatoms. The minimum absolute atomic E-state index is 0.264. The zero-order valence-electron chi connectivity index (χ0n) is 13.0. The molecule has 0 aliphatic carbocycles. The molecule has 17 heavy (non-hydrogen) atoms. The van der Waals surface area contributed by atoms with Crippen molar-refractivity contribution in [1.29, 1.82) is 0 Å². The van der Waals surface area contributed by atoms with Gasteiger partial charge in [-0.1, -0.05) is 79.7 Å². The number of hydrogen-bond donors (Lipinski definition) is 0. The Labute approximate surface area is 108 Å². The van der Waals surface area contributed by atoms with Gasteiger partial charge in [-0.3, -0.25) is 0 Å². The smallest absolute Gasteiger partial charge is 0.0132 e. The summed E-state index contributed by atoms with van der Waals surface area (Å²) in [5, 5.41) is 0. The lowest BCUT2D eigenvalue weighted by Gasteiger charge is -2.21. The molecule has 0 heterocycles. The minimum Gasteiger partial charge on any atom is -0.0683 e. The van der Waals surface area contributed by atoms with Crippen LogP contribution in [0.15, 0.2) is 24.3 Å². The average molecular weight is 234 g/mol. The Kier molecular flexibility index (Phi) is 5.95. The van der Waals surface area contributed by atoms with Crippen LogP contribution in [-0.4, -0.2) is 0 Å². The van der Waals surface area contributed by atoms with Crippen LogP contribution < -0.4 is 0 Å². The third-order valence-electron chi connectivity index (χ3n) is 2.55. The Morgan fingerprint density at radius 2 is 1.18 bits per heavy atom. The maximum absolute atomic E-state index is 2.28. The molecular formula is C17H30. The van der Waals surface area contributed by atoms with Crippen molar-refractivity contribution in [2.75, 3.05) is 0 Å². The van der Waals surface area contributed by atoms with Crippen LogP contribution in [0.1, 0.15) is 66.5 Å². The molecule has 0 saturated carbocycles. The Morgan fingerprint density at radius 3 is 1.47 bits per heavy atom. The minimum atomic E-state index is 0.264. The van der Waals surface area contributed by atoms with Crippen LogP contribution in [0.25, 0.3) is 0 Å². The topological polar surface area (TPSA) is 0 Å². The maximum Gasteiger partial charge on any atom is -0.0132 e. The molecule has 0 atom stereocenters. The third kappa shape index (κ3) is 6.51. The molecule has 0 radical (unpaired) electrons. The second kappa shape index (κ2) is 6.23. The van der Waals surface area contributed by atoms with E-state index in [2.05, 4.69) is 65.8 Å². The van der Waals surface area contributed by atoms with Crippen molar-refractivity contribution >= 4 is 0 Å². The highest BCUT2D eigenvalue weighted by Crippen LogP contribution is 2.25. The van der Waals surface area contributed by atoms with Crippen LogP contribution in [0.3, 0.4) is 0 Å². The molecular weight excluding hydrogens is 204 g/mol. The van der Waals surface area contributed by atoms with E-state index in [0.29, 0.717) is 5.41 Å². The van der Waals surface area contributed by atoms with E-state index in [4.69, 9.17) is 0 Å². The monoisotopic (exact) mass is 234 g/mol. The highest BCUT2D eigenvalue weighted by Gasteiger charge is 2.14. The van der Waals surface area contributed by atoms with Gasteiger partial charge in [0.15, 0.2) is 0 Å². The Hall–Kier alpha value is -0.780. The van der Waals surface area contributed by atoms with Crippen LogP contribution in [0.5, 0.6) is 0 Å². The van der Waals surface area contributed by atoms with Gasteiger partial charge in [0, 0.05) is 0 Å². The normalized spacial score (nSPS) is 11.8. The molecule has 0 saturated heterocycles. The van der Waals surface area contributed by atoms with E-state index in [1.165, 1.54) is 11.1 Å². The van der Waals surface area contributed by atoms with Crippen LogP contribution in [0.2, 0.25) is 0 Å². The first-order valence-corrected chi connectivity index (χ1v) is 6.78. The van der Waals surface area contributed by atoms with E-state index in [9.17, 15) is 0 Å². The molecule has 1 aromatic rings. The summed E-state index contributed by atoms with van der Waals surface area (Å²) >= 11 is 0. The lowest BCUT2D eigenvalue weighted by Crippen LogP contribution is -2.12. The number of rotatable bonds is 1. The first-order valence-electron chi connectivity index (χ1n) is 6.78. The predicted octanol–water partition coefficient (Wildman–Crippen LogP) is 5.60. The summed E-state index contributed by atoms with van der Waals surface area (Å²) in [6.07, 6.45) is 1.15. The average Bonchev–Trinajstić information content (AvgIpc) is 2.17. The van der Waals surface area contributed by atoms with Crippen LogP contribution in [0, 0.1) is 5.41 Å². The third-order valence-corrected chi connectivity index (χ3v) is 2.55. The van der Waals surface area contributed by atoms with Gasteiger partial charge in [-0.2, -0.15) is 0 Å². The molecule has 0 aliphatic rings. The fourth-order valence-electron chi connectivity index (χ4n) is 1.73. The molecule has 98 valence electrons. The molecule has 0 aliphatic heterocycles. The van der Waals surface area contributed by atoms with Crippen molar-refractivity contribution in [1.82, 2.24) is 0 Å². The highest BCUT2D eigenvalue weighted by molar-refractivity contribution is 5.27. The van der Waals surface area contributed by atoms with Gasteiger partial charge in [-0.15, -0.1) is 0 Å². The van der Waals surface area contributed by atoms with Gasteiger partial charge in [0.25, 0.3) is 0 Å². The van der Waals surface area contributed by atoms with Crippen molar-refractivity contribution in [2.45, 2.75) is 67.2 Å². The van der Waals surface area contributed by atoms with Crippen LogP contribution in [0.4, 0.5) is 0 Å². The predicted molar refractivity (Wildman–Crippen MR) is 79.6 cm³/mol. The molecule has 0 N–H and O–H groups in total. The van der Waals surface area contributed by atoms with E-state index in [-0.39, 0.29) is 5.41 Å². The Balaban J connectivity index is 0.00000121. The summed E-state index contributed by atoms with van der Waals surface area (Å²) in [7, 11) is 0. The van der Waals surface area contributed by atoms with Crippen molar-refractivity contribution < 1.29 is 0 Å². The number of benzene rings is 1. The van der Waals surface area contributed by atoms with E-state index in [0.717, 1.165) is 6.42 Å². The maximum atomic E-state index is 2.28. The van der Waals surface area contributed by atoms with Gasteiger partial charge in [0.2, 0.25) is 0 Å². The lowest BCUT2D eigenvalue weighted by atomic mass is 9.84. The quantitative estimate of drug-likeness (QED) is 0.593. The van der Waals surface area contributed by atoms with Crippen molar-refractivity contribution in [2.24, 2.45) is 5.41 Å². The number of hydrogen-bond acceptors (Lipinski definition) is 0. The van der Waals surface area contributed by atoms with Gasteiger partial charge in [0.1, 0.15) is 0 Å². The van der Waals surface area contributed by atoms with Gasteiger partial charge in [-0.05, 0) is 28.4 Å². The van der Waals surface area contributed by atoms with E-state index in [1.54, 1.807) is 0 Å². The van der Waals surface area contributed by atoms with E-state index >= 15 is 0 Å². The largest absolute Gasteiger partial charge is 0.0683 e. The van der Waals surface area contributed by atoms with Gasteiger partial charge < -0.3 is 0 Å². The molecule has 1 rings (SSSR count). The highest BCUT2D eigenvalue weighted by atomic mass is 14.2. The van der Waals surface area contributed by atoms with Crippen LogP contribution in [-0.2, 0) is 11.8 Å². The zero-order chi connectivity index (χ0) is 13.7. The fourth-order valence-corrected chi connectivity index (χ4v) is 1.73. The molecule has 1 aromatic carbocycles. The van der Waals surface area contributed by atoms with Crippen molar-refractivity contribution in [3.05, 3.63) is 35.4 Å². The molecule has 0 unspecified atom stereocenters. The van der Waals surface area contributed by atoms with Crippen molar-refractivity contribution in [3.63, 3.8) is 0 Å². The second-order valence-corrected chi connectivity index (χ2v) is 6.68. The summed E-state index contributed by atoms with van der Waals surface area (Å²) in [4.78, 5) is 0. The molecule has 0 nitrogen and oxygen atoms in total. The first-order chi connectivity index (χ1) is 7.68. The van der Waals surface area contributed by atoms with Gasteiger partial charge >= 0.3 is 0 Å². The zero-order valence-corrected chi connectivity index (χ0v) is 13.0. The summed E-state index contributed by atoms with van der Waals surface area (Å²) in [5.41, 5.74) is 3.50. The summed E-state index contributed by atoms with van der Waals surface area (Å²) < 4.78 is 0. The summed E-state index contributed by atoms with van der Waals surface area (Å²) in [6.45, 7) is 17.6. The van der Waals surface area contributed by atoms with E-state index < -0.39 is 0 Å². The lowest BCUT2D eigenvalue weighted by molar-refractivity contribution is 0.411. The van der Waals surface area contributed by atoms with Gasteiger partial charge in [0.05, 0.1) is 0 Å². The SMILES string of the molecule is CC.CC(C)(C)Cc1ccc(C(C)(C)C)cc1. The molecule has 0 aromatic heterocycles. The molecule has 0 bridgehead atoms. The Bertz CT molecular complexity index is 303. The summed E-state index contributed by atoms with van der Waals surface area (Å²) in [5.74, 6) is 0. The van der Waals surface area contributed by atoms with Gasteiger partial charge in [-0.25, -0.2) is 0 Å². The molecule has 0 fully saturated rings. The van der Waals surface area contributed by atoms with Crippen molar-refractivity contribution in [3.8, 4) is 0 Å².